The summed E-state index contributed by atoms with van der Waals surface area (Å²) in [5.41, 5.74) is 4.43. The van der Waals surface area contributed by atoms with Crippen LogP contribution < -0.4 is 14.4 Å². The number of hydrogen-bond donors (Lipinski definition) is 0. The molecule has 0 N–H and O–H groups in total. The first-order chi connectivity index (χ1) is 17.5. The minimum absolute atomic E-state index is 0.0969. The second kappa shape index (κ2) is 9.76. The summed E-state index contributed by atoms with van der Waals surface area (Å²) in [6, 6.07) is 24.3. The first-order valence-corrected chi connectivity index (χ1v) is 11.4. The van der Waals surface area contributed by atoms with Crippen LogP contribution in [0.3, 0.4) is 0 Å². The lowest BCUT2D eigenvalue weighted by Gasteiger charge is -2.21. The van der Waals surface area contributed by atoms with Gasteiger partial charge in [-0.15, -0.1) is 5.10 Å². The van der Waals surface area contributed by atoms with Gasteiger partial charge in [-0.3, -0.25) is 4.79 Å². The highest BCUT2D eigenvalue weighted by molar-refractivity contribution is 5.95. The van der Waals surface area contributed by atoms with Crippen LogP contribution in [-0.2, 0) is 4.79 Å². The minimum atomic E-state index is -0.523. The first-order valence-electron chi connectivity index (χ1n) is 11.4. The standard InChI is InChI=1S/C28H23N5O3/c1-19(28(34)32(2)24-6-4-3-5-7-24)33-17-25(30-31-33)22-11-9-21(10-12-22)23(16-29)14-20-8-13-26-27(15-20)36-18-35-26/h3-15,17,19H,18H2,1-2H3/b23-14+. The molecule has 1 aliphatic rings. The number of hydrogen-bond acceptors (Lipinski definition) is 6. The van der Waals surface area contributed by atoms with E-state index in [9.17, 15) is 10.1 Å². The molecule has 1 aliphatic heterocycles. The number of nitriles is 1. The second-order valence-corrected chi connectivity index (χ2v) is 8.35. The molecule has 3 aromatic carbocycles. The second-order valence-electron chi connectivity index (χ2n) is 8.35. The number of rotatable bonds is 6. The largest absolute Gasteiger partial charge is 0.454 e. The molecule has 178 valence electrons. The molecule has 1 amide bonds. The summed E-state index contributed by atoms with van der Waals surface area (Å²) in [5.74, 6) is 1.27. The summed E-state index contributed by atoms with van der Waals surface area (Å²) in [4.78, 5) is 14.5. The Morgan fingerprint density at radius 1 is 1.08 bits per heavy atom. The topological polar surface area (TPSA) is 93.3 Å². The van der Waals surface area contributed by atoms with E-state index in [0.717, 1.165) is 22.4 Å². The normalized spacial score (nSPS) is 13.2. The van der Waals surface area contributed by atoms with Crippen molar-refractivity contribution >= 4 is 23.2 Å². The number of para-hydroxylation sites is 1. The molecule has 2 heterocycles. The van der Waals surface area contributed by atoms with Gasteiger partial charge in [-0.05, 0) is 48.4 Å². The number of likely N-dealkylation sites (N-methyl/N-ethyl adjacent to an activating group) is 1. The van der Waals surface area contributed by atoms with Gasteiger partial charge in [-0.2, -0.15) is 5.26 Å². The number of allylic oxidation sites excluding steroid dienone is 1. The van der Waals surface area contributed by atoms with E-state index >= 15 is 0 Å². The quantitative estimate of drug-likeness (QED) is 0.288. The molecule has 1 atom stereocenters. The van der Waals surface area contributed by atoms with Crippen LogP contribution in [0.15, 0.2) is 79.0 Å². The number of ether oxygens (including phenoxy) is 2. The van der Waals surface area contributed by atoms with E-state index in [2.05, 4.69) is 16.4 Å². The monoisotopic (exact) mass is 477 g/mol. The molecule has 8 nitrogen and oxygen atoms in total. The molecular formula is C28H23N5O3. The van der Waals surface area contributed by atoms with E-state index in [1.165, 1.54) is 0 Å². The third kappa shape index (κ3) is 4.55. The SMILES string of the molecule is CC(C(=O)N(C)c1ccccc1)n1cc(-c2ccc(/C(C#N)=C/c3ccc4c(c3)OCO4)cc2)nn1. The molecule has 0 saturated heterocycles. The van der Waals surface area contributed by atoms with Gasteiger partial charge in [-0.1, -0.05) is 53.7 Å². The van der Waals surface area contributed by atoms with Crippen LogP contribution in [0.1, 0.15) is 24.1 Å². The summed E-state index contributed by atoms with van der Waals surface area (Å²) >= 11 is 0. The third-order valence-electron chi connectivity index (χ3n) is 6.06. The van der Waals surface area contributed by atoms with E-state index < -0.39 is 6.04 Å². The molecule has 8 heteroatoms. The Bertz CT molecular complexity index is 1470. The molecule has 36 heavy (non-hydrogen) atoms. The van der Waals surface area contributed by atoms with Gasteiger partial charge in [-0.25, -0.2) is 4.68 Å². The minimum Gasteiger partial charge on any atom is -0.454 e. The van der Waals surface area contributed by atoms with Crippen LogP contribution in [0.2, 0.25) is 0 Å². The van der Waals surface area contributed by atoms with Crippen molar-refractivity contribution in [2.24, 2.45) is 0 Å². The average Bonchev–Trinajstić information content (AvgIpc) is 3.61. The molecule has 0 bridgehead atoms. The third-order valence-corrected chi connectivity index (χ3v) is 6.06. The first kappa shape index (κ1) is 22.9. The van der Waals surface area contributed by atoms with E-state index in [0.29, 0.717) is 22.8 Å². The van der Waals surface area contributed by atoms with Crippen molar-refractivity contribution in [1.29, 1.82) is 5.26 Å². The number of fused-ring (bicyclic) bond motifs is 1. The van der Waals surface area contributed by atoms with Crippen LogP contribution in [0.5, 0.6) is 11.5 Å². The zero-order valence-corrected chi connectivity index (χ0v) is 19.8. The van der Waals surface area contributed by atoms with Crippen molar-refractivity contribution < 1.29 is 14.3 Å². The molecule has 0 saturated carbocycles. The van der Waals surface area contributed by atoms with Gasteiger partial charge >= 0.3 is 0 Å². The maximum absolute atomic E-state index is 12.9. The fourth-order valence-electron chi connectivity index (χ4n) is 3.94. The van der Waals surface area contributed by atoms with Gasteiger partial charge in [0, 0.05) is 18.3 Å². The molecule has 0 aliphatic carbocycles. The fraction of sp³-hybridized carbons (Fsp3) is 0.143. The van der Waals surface area contributed by atoms with Gasteiger partial charge < -0.3 is 14.4 Å². The Labute approximate surface area is 208 Å². The van der Waals surface area contributed by atoms with Crippen LogP contribution in [0.4, 0.5) is 5.69 Å². The van der Waals surface area contributed by atoms with E-state index in [1.807, 2.05) is 78.9 Å². The van der Waals surface area contributed by atoms with Crippen molar-refractivity contribution in [2.45, 2.75) is 13.0 Å². The number of carbonyl (C=O) groups is 1. The molecule has 1 unspecified atom stereocenters. The van der Waals surface area contributed by atoms with Gasteiger partial charge in [0.15, 0.2) is 11.5 Å². The molecule has 4 aromatic rings. The highest BCUT2D eigenvalue weighted by Gasteiger charge is 2.22. The predicted octanol–water partition coefficient (Wildman–Crippen LogP) is 4.96. The van der Waals surface area contributed by atoms with Gasteiger partial charge in [0.2, 0.25) is 6.79 Å². The maximum Gasteiger partial charge on any atom is 0.251 e. The van der Waals surface area contributed by atoms with Crippen molar-refractivity contribution in [1.82, 2.24) is 15.0 Å². The highest BCUT2D eigenvalue weighted by atomic mass is 16.7. The lowest BCUT2D eigenvalue weighted by Crippen LogP contribution is -2.33. The lowest BCUT2D eigenvalue weighted by molar-refractivity contribution is -0.121. The molecule has 0 fully saturated rings. The van der Waals surface area contributed by atoms with Crippen LogP contribution in [0, 0.1) is 11.3 Å². The molecule has 0 spiro atoms. The number of benzene rings is 3. The smallest absolute Gasteiger partial charge is 0.251 e. The summed E-state index contributed by atoms with van der Waals surface area (Å²) < 4.78 is 12.3. The van der Waals surface area contributed by atoms with E-state index in [-0.39, 0.29) is 12.7 Å². The Morgan fingerprint density at radius 2 is 1.83 bits per heavy atom. The van der Waals surface area contributed by atoms with Gasteiger partial charge in [0.25, 0.3) is 5.91 Å². The zero-order chi connectivity index (χ0) is 25.1. The molecular weight excluding hydrogens is 454 g/mol. The van der Waals surface area contributed by atoms with Crippen LogP contribution in [-0.4, -0.2) is 34.7 Å². The lowest BCUT2D eigenvalue weighted by atomic mass is 10.0. The average molecular weight is 478 g/mol. The molecule has 1 aromatic heterocycles. The Kier molecular flexibility index (Phi) is 6.20. The number of amides is 1. The Morgan fingerprint density at radius 3 is 2.58 bits per heavy atom. The molecule has 0 radical (unpaired) electrons. The zero-order valence-electron chi connectivity index (χ0n) is 19.8. The van der Waals surface area contributed by atoms with Gasteiger partial charge in [0.1, 0.15) is 11.7 Å². The Hall–Kier alpha value is -4.90. The highest BCUT2D eigenvalue weighted by Crippen LogP contribution is 2.33. The number of aromatic nitrogens is 3. The maximum atomic E-state index is 12.9. The summed E-state index contributed by atoms with van der Waals surface area (Å²) in [6.45, 7) is 2.00. The van der Waals surface area contributed by atoms with Crippen LogP contribution in [0.25, 0.3) is 22.9 Å². The van der Waals surface area contributed by atoms with Crippen molar-refractivity contribution in [3.05, 3.63) is 90.1 Å². The molecule has 5 rings (SSSR count). The Balaban J connectivity index is 1.32. The number of anilines is 1. The summed E-state index contributed by atoms with van der Waals surface area (Å²) in [7, 11) is 1.74. The number of carbonyl (C=O) groups excluding carboxylic acids is 1. The van der Waals surface area contributed by atoms with Crippen molar-refractivity contribution in [3.8, 4) is 28.8 Å². The van der Waals surface area contributed by atoms with Crippen molar-refractivity contribution in [2.75, 3.05) is 18.7 Å². The fourth-order valence-corrected chi connectivity index (χ4v) is 3.94. The van der Waals surface area contributed by atoms with Crippen molar-refractivity contribution in [3.63, 3.8) is 0 Å². The van der Waals surface area contributed by atoms with E-state index in [1.54, 1.807) is 29.7 Å². The summed E-state index contributed by atoms with van der Waals surface area (Å²) in [5, 5.41) is 18.2. The predicted molar refractivity (Wildman–Crippen MR) is 136 cm³/mol. The van der Waals surface area contributed by atoms with Gasteiger partial charge in [0.05, 0.1) is 17.8 Å². The summed E-state index contributed by atoms with van der Waals surface area (Å²) in [6.07, 6.45) is 3.56. The van der Waals surface area contributed by atoms with Crippen LogP contribution >= 0.6 is 0 Å². The van der Waals surface area contributed by atoms with E-state index in [4.69, 9.17) is 9.47 Å². The number of nitrogens with zero attached hydrogens (tertiary/aromatic N) is 5.